The molecule has 0 saturated heterocycles. The summed E-state index contributed by atoms with van der Waals surface area (Å²) in [4.78, 5) is 0. The number of thiol groups is 1. The van der Waals surface area contributed by atoms with Crippen LogP contribution in [0.1, 0.15) is 59.3 Å². The average Bonchev–Trinajstić information content (AvgIpc) is 2.21. The van der Waals surface area contributed by atoms with Gasteiger partial charge in [-0.3, -0.25) is 4.21 Å². The second kappa shape index (κ2) is 8.46. The summed E-state index contributed by atoms with van der Waals surface area (Å²) in [7, 11) is -1.77. The summed E-state index contributed by atoms with van der Waals surface area (Å²) < 4.78 is 12.5. The van der Waals surface area contributed by atoms with E-state index in [9.17, 15) is 4.21 Å². The molecule has 0 aromatic carbocycles. The lowest BCUT2D eigenvalue weighted by Gasteiger charge is -2.23. The van der Waals surface area contributed by atoms with Gasteiger partial charge in [0.15, 0.2) is 0 Å². The lowest BCUT2D eigenvalue weighted by atomic mass is 10.4. The average molecular weight is 220 g/mol. The third-order valence-corrected chi connectivity index (χ3v) is 6.15. The molecule has 0 aliphatic carbocycles. The van der Waals surface area contributed by atoms with Crippen LogP contribution in [-0.4, -0.2) is 21.5 Å². The molecule has 0 saturated carbocycles. The standard InChI is InChI=1S/C12H28OS/c1-4-7-10-14(13,11-8-5-2)12-9-6-3/h14H,4-12H2,1-3H3. The third kappa shape index (κ3) is 6.58. The van der Waals surface area contributed by atoms with Gasteiger partial charge in [0.1, 0.15) is 0 Å². The van der Waals surface area contributed by atoms with E-state index >= 15 is 0 Å². The molecule has 0 aromatic heterocycles. The zero-order chi connectivity index (χ0) is 10.9. The lowest BCUT2D eigenvalue weighted by Crippen LogP contribution is -2.25. The topological polar surface area (TPSA) is 17.1 Å². The molecule has 0 N–H and O–H groups in total. The van der Waals surface area contributed by atoms with Crippen molar-refractivity contribution >= 4 is 9.93 Å². The summed E-state index contributed by atoms with van der Waals surface area (Å²) in [5, 5.41) is 0. The van der Waals surface area contributed by atoms with Gasteiger partial charge in [-0.25, -0.2) is 0 Å². The van der Waals surface area contributed by atoms with Gasteiger partial charge in [-0.15, -0.1) is 9.93 Å². The minimum atomic E-state index is -1.77. The Hall–Kier alpha value is 0.150. The van der Waals surface area contributed by atoms with E-state index in [0.29, 0.717) is 0 Å². The van der Waals surface area contributed by atoms with Gasteiger partial charge in [-0.05, 0) is 19.3 Å². The predicted molar refractivity (Wildman–Crippen MR) is 68.9 cm³/mol. The highest BCUT2D eigenvalue weighted by molar-refractivity contribution is 8.02. The fourth-order valence-corrected chi connectivity index (χ4v) is 5.02. The van der Waals surface area contributed by atoms with Crippen LogP contribution in [0, 0.1) is 0 Å². The second-order valence-corrected chi connectivity index (χ2v) is 7.75. The monoisotopic (exact) mass is 220 g/mol. The maximum atomic E-state index is 12.5. The van der Waals surface area contributed by atoms with Crippen LogP contribution in [0.4, 0.5) is 0 Å². The largest absolute Gasteiger partial charge is 0.285 e. The number of unbranched alkanes of at least 4 members (excludes halogenated alkanes) is 3. The maximum Gasteiger partial charge on any atom is 0.00126 e. The Labute approximate surface area is 91.1 Å². The van der Waals surface area contributed by atoms with Gasteiger partial charge >= 0.3 is 0 Å². The first-order chi connectivity index (χ1) is 6.68. The van der Waals surface area contributed by atoms with E-state index in [2.05, 4.69) is 20.8 Å². The molecule has 0 atom stereocenters. The van der Waals surface area contributed by atoms with Gasteiger partial charge in [-0.1, -0.05) is 40.0 Å². The van der Waals surface area contributed by atoms with Crippen LogP contribution in [-0.2, 0) is 9.93 Å². The maximum absolute atomic E-state index is 12.5. The van der Waals surface area contributed by atoms with Crippen molar-refractivity contribution in [3.8, 4) is 0 Å². The quantitative estimate of drug-likeness (QED) is 0.589. The first-order valence-electron chi connectivity index (χ1n) is 6.25. The Kier molecular flexibility index (Phi) is 8.55. The fraction of sp³-hybridized carbons (Fsp3) is 1.00. The molecular formula is C12H28OS. The normalized spacial score (nSPS) is 13.1. The molecule has 2 heteroatoms. The van der Waals surface area contributed by atoms with Crippen molar-refractivity contribution in [3.63, 3.8) is 0 Å². The second-order valence-electron chi connectivity index (χ2n) is 4.29. The first-order valence-corrected chi connectivity index (χ1v) is 8.52. The predicted octanol–water partition coefficient (Wildman–Crippen LogP) is 3.40. The van der Waals surface area contributed by atoms with Gasteiger partial charge in [0.25, 0.3) is 0 Å². The van der Waals surface area contributed by atoms with Crippen molar-refractivity contribution in [3.05, 3.63) is 0 Å². The van der Waals surface area contributed by atoms with Crippen LogP contribution in [0.25, 0.3) is 0 Å². The SMILES string of the molecule is CCCC[SH](=O)(CCCC)CCCC. The van der Waals surface area contributed by atoms with Crippen LogP contribution in [0.2, 0.25) is 0 Å². The molecule has 0 aliphatic heterocycles. The van der Waals surface area contributed by atoms with Crippen molar-refractivity contribution < 1.29 is 4.21 Å². The molecule has 0 bridgehead atoms. The van der Waals surface area contributed by atoms with Gasteiger partial charge in [0.05, 0.1) is 0 Å². The van der Waals surface area contributed by atoms with E-state index in [0.717, 1.165) is 36.5 Å². The molecular weight excluding hydrogens is 192 g/mol. The molecule has 0 spiro atoms. The Morgan fingerprint density at radius 2 is 1.00 bits per heavy atom. The molecule has 0 unspecified atom stereocenters. The molecule has 0 rings (SSSR count). The Morgan fingerprint density at radius 3 is 1.21 bits per heavy atom. The zero-order valence-electron chi connectivity index (χ0n) is 10.2. The molecule has 14 heavy (non-hydrogen) atoms. The molecule has 1 nitrogen and oxygen atoms in total. The summed E-state index contributed by atoms with van der Waals surface area (Å²) in [5.74, 6) is 3.01. The smallest absolute Gasteiger partial charge is 0.00126 e. The van der Waals surface area contributed by atoms with Crippen LogP contribution < -0.4 is 0 Å². The summed E-state index contributed by atoms with van der Waals surface area (Å²) in [6, 6.07) is 0. The summed E-state index contributed by atoms with van der Waals surface area (Å²) in [6.45, 7) is 6.55. The van der Waals surface area contributed by atoms with Gasteiger partial charge in [0.2, 0.25) is 0 Å². The van der Waals surface area contributed by atoms with Crippen LogP contribution in [0.5, 0.6) is 0 Å². The van der Waals surface area contributed by atoms with Crippen LogP contribution in [0.15, 0.2) is 0 Å². The molecule has 0 fully saturated rings. The highest BCUT2D eigenvalue weighted by Crippen LogP contribution is 2.13. The number of hydrogen-bond acceptors (Lipinski definition) is 1. The minimum absolute atomic E-state index is 1.00. The van der Waals surface area contributed by atoms with Gasteiger partial charge < -0.3 is 0 Å². The minimum Gasteiger partial charge on any atom is -0.285 e. The third-order valence-electron chi connectivity index (χ3n) is 2.76. The molecule has 0 aromatic rings. The molecule has 0 radical (unpaired) electrons. The van der Waals surface area contributed by atoms with E-state index in [1.54, 1.807) is 0 Å². The van der Waals surface area contributed by atoms with Crippen LogP contribution >= 0.6 is 0 Å². The Morgan fingerprint density at radius 1 is 0.714 bits per heavy atom. The van der Waals surface area contributed by atoms with Crippen molar-refractivity contribution in [2.45, 2.75) is 59.3 Å². The highest BCUT2D eigenvalue weighted by atomic mass is 32.2. The summed E-state index contributed by atoms with van der Waals surface area (Å²) in [6.07, 6.45) is 7.02. The van der Waals surface area contributed by atoms with E-state index < -0.39 is 9.93 Å². The Bertz CT molecular complexity index is 137. The van der Waals surface area contributed by atoms with Gasteiger partial charge in [-0.2, -0.15) is 0 Å². The fourth-order valence-electron chi connectivity index (χ4n) is 1.67. The van der Waals surface area contributed by atoms with Crippen molar-refractivity contribution in [2.75, 3.05) is 17.3 Å². The zero-order valence-corrected chi connectivity index (χ0v) is 11.1. The number of hydrogen-bond donors (Lipinski definition) is 1. The van der Waals surface area contributed by atoms with E-state index in [4.69, 9.17) is 0 Å². The molecule has 0 aliphatic rings. The molecule has 0 heterocycles. The number of rotatable bonds is 9. The highest BCUT2D eigenvalue weighted by Gasteiger charge is 2.13. The molecule has 88 valence electrons. The Balaban J connectivity index is 3.97. The van der Waals surface area contributed by atoms with E-state index in [1.165, 1.54) is 19.3 Å². The lowest BCUT2D eigenvalue weighted by molar-refractivity contribution is 0.657. The van der Waals surface area contributed by atoms with E-state index in [-0.39, 0.29) is 0 Å². The van der Waals surface area contributed by atoms with Crippen molar-refractivity contribution in [1.82, 2.24) is 0 Å². The van der Waals surface area contributed by atoms with Crippen LogP contribution in [0.3, 0.4) is 0 Å². The van der Waals surface area contributed by atoms with E-state index in [1.807, 2.05) is 0 Å². The van der Waals surface area contributed by atoms with Crippen molar-refractivity contribution in [1.29, 1.82) is 0 Å². The summed E-state index contributed by atoms with van der Waals surface area (Å²) >= 11 is 0. The first kappa shape index (κ1) is 14.2. The molecule has 0 amide bonds. The van der Waals surface area contributed by atoms with Crippen molar-refractivity contribution in [2.24, 2.45) is 0 Å². The summed E-state index contributed by atoms with van der Waals surface area (Å²) in [5.41, 5.74) is 0. The van der Waals surface area contributed by atoms with Gasteiger partial charge in [0, 0.05) is 17.3 Å².